The normalized spacial score (nSPS) is 11.3. The topological polar surface area (TPSA) is 129 Å². The summed E-state index contributed by atoms with van der Waals surface area (Å²) in [6.45, 7) is 0.376. The van der Waals surface area contributed by atoms with Crippen LogP contribution in [0.3, 0.4) is 0 Å². The molecule has 9 heteroatoms. The molecule has 0 fully saturated rings. The number of primary amides is 1. The maximum atomic E-state index is 12.4. The Kier molecular flexibility index (Phi) is 11.2. The van der Waals surface area contributed by atoms with Crippen LogP contribution >= 0.6 is 0 Å². The first-order valence-electron chi connectivity index (χ1n) is 13.5. The number of ether oxygens (including phenoxy) is 4. The lowest BCUT2D eigenvalue weighted by Crippen LogP contribution is -2.41. The molecule has 0 aliphatic carbocycles. The second-order valence-corrected chi connectivity index (χ2v) is 9.35. The minimum atomic E-state index is -1.39. The minimum absolute atomic E-state index is 0.168. The van der Waals surface area contributed by atoms with Crippen molar-refractivity contribution in [3.8, 4) is 17.2 Å². The van der Waals surface area contributed by atoms with Crippen LogP contribution in [0.2, 0.25) is 0 Å². The number of hydrogen-bond acceptors (Lipinski definition) is 7. The molecule has 4 aromatic rings. The van der Waals surface area contributed by atoms with E-state index in [2.05, 4.69) is 10.1 Å². The highest BCUT2D eigenvalue weighted by atomic mass is 16.6. The molecule has 9 nitrogen and oxygen atoms in total. The molecule has 4 rings (SSSR count). The molecular formula is C33H34N2O7. The number of carbonyl (C=O) groups is 2. The zero-order valence-corrected chi connectivity index (χ0v) is 23.1. The molecule has 0 radical (unpaired) electrons. The van der Waals surface area contributed by atoms with Gasteiger partial charge in [0.25, 0.3) is 5.91 Å². The van der Waals surface area contributed by atoms with Crippen LogP contribution in [0.15, 0.2) is 103 Å². The predicted molar refractivity (Wildman–Crippen MR) is 157 cm³/mol. The summed E-state index contributed by atoms with van der Waals surface area (Å²) in [5.74, 6) is 0.786. The van der Waals surface area contributed by atoms with Gasteiger partial charge in [0.2, 0.25) is 11.9 Å². The molecule has 4 aromatic carbocycles. The number of hydrogen-bond donors (Lipinski definition) is 3. The Hall–Kier alpha value is -5.02. The van der Waals surface area contributed by atoms with Crippen LogP contribution in [0.1, 0.15) is 22.3 Å². The van der Waals surface area contributed by atoms with E-state index in [4.69, 9.17) is 19.9 Å². The van der Waals surface area contributed by atoms with Gasteiger partial charge in [0.05, 0.1) is 6.61 Å². The van der Waals surface area contributed by atoms with Gasteiger partial charge >= 0.3 is 6.09 Å². The Morgan fingerprint density at radius 2 is 1.19 bits per heavy atom. The third-order valence-corrected chi connectivity index (χ3v) is 6.26. The minimum Gasteiger partial charge on any atom is -0.485 e. The largest absolute Gasteiger partial charge is 0.485 e. The molecule has 0 aliphatic rings. The van der Waals surface area contributed by atoms with Crippen LogP contribution in [0.4, 0.5) is 4.79 Å². The Morgan fingerprint density at radius 3 is 1.69 bits per heavy atom. The second-order valence-electron chi connectivity index (χ2n) is 9.35. The Balaban J connectivity index is 1.61. The van der Waals surface area contributed by atoms with Gasteiger partial charge in [-0.15, -0.1) is 0 Å². The van der Waals surface area contributed by atoms with Crippen molar-refractivity contribution in [2.75, 3.05) is 13.2 Å². The van der Waals surface area contributed by atoms with Crippen molar-refractivity contribution >= 4 is 12.0 Å². The summed E-state index contributed by atoms with van der Waals surface area (Å²) >= 11 is 0. The smallest absolute Gasteiger partial charge is 0.405 e. The molecular weight excluding hydrogens is 536 g/mol. The zero-order chi connectivity index (χ0) is 29.6. The summed E-state index contributed by atoms with van der Waals surface area (Å²) in [6, 6.07) is 33.0. The standard InChI is InChI=1S/C33H34N2O7/c34-33(38)42-29(20-36)32(37)35-19-18-27-16-17-28(39-21-24-10-4-1-5-11-24)31(41-23-26-14-8-3-9-15-26)30(27)40-22-25-12-6-2-7-13-25/h1-17,29,36H,18-23H2,(H2,34,38)(H,35,37). The van der Waals surface area contributed by atoms with Crippen LogP contribution in [-0.4, -0.2) is 36.4 Å². The van der Waals surface area contributed by atoms with E-state index in [1.54, 1.807) is 0 Å². The quantitative estimate of drug-likeness (QED) is 0.191. The van der Waals surface area contributed by atoms with Gasteiger partial charge in [-0.05, 0) is 29.2 Å². The van der Waals surface area contributed by atoms with Crippen LogP contribution in [0, 0.1) is 0 Å². The van der Waals surface area contributed by atoms with Crippen LogP contribution in [-0.2, 0) is 35.8 Å². The lowest BCUT2D eigenvalue weighted by atomic mass is 10.1. The highest BCUT2D eigenvalue weighted by molar-refractivity contribution is 5.83. The van der Waals surface area contributed by atoms with Crippen LogP contribution in [0.25, 0.3) is 0 Å². The van der Waals surface area contributed by atoms with E-state index in [1.807, 2.05) is 103 Å². The van der Waals surface area contributed by atoms with Crippen molar-refractivity contribution in [2.24, 2.45) is 5.73 Å². The van der Waals surface area contributed by atoms with Gasteiger partial charge in [0.15, 0.2) is 11.5 Å². The van der Waals surface area contributed by atoms with Gasteiger partial charge in [0, 0.05) is 12.1 Å². The van der Waals surface area contributed by atoms with E-state index in [-0.39, 0.29) is 19.8 Å². The van der Waals surface area contributed by atoms with Gasteiger partial charge in [0.1, 0.15) is 19.8 Å². The molecule has 0 aliphatic heterocycles. The molecule has 4 N–H and O–H groups in total. The third-order valence-electron chi connectivity index (χ3n) is 6.26. The average molecular weight is 571 g/mol. The number of aliphatic hydroxyl groups excluding tert-OH is 1. The molecule has 2 amide bonds. The number of nitrogens with one attached hydrogen (secondary N) is 1. The summed E-state index contributed by atoms with van der Waals surface area (Å²) in [5, 5.41) is 12.1. The Labute approximate surface area is 244 Å². The lowest BCUT2D eigenvalue weighted by Gasteiger charge is -2.21. The van der Waals surface area contributed by atoms with Crippen molar-refractivity contribution in [1.29, 1.82) is 0 Å². The van der Waals surface area contributed by atoms with Crippen molar-refractivity contribution < 1.29 is 33.6 Å². The number of benzene rings is 4. The monoisotopic (exact) mass is 570 g/mol. The number of carbonyl (C=O) groups excluding carboxylic acids is 2. The molecule has 0 saturated carbocycles. The lowest BCUT2D eigenvalue weighted by molar-refractivity contribution is -0.131. The highest BCUT2D eigenvalue weighted by Crippen LogP contribution is 2.42. The summed E-state index contributed by atoms with van der Waals surface area (Å²) in [6.07, 6.45) is -2.19. The van der Waals surface area contributed by atoms with E-state index in [9.17, 15) is 14.7 Å². The maximum Gasteiger partial charge on any atom is 0.405 e. The zero-order valence-electron chi connectivity index (χ0n) is 23.1. The van der Waals surface area contributed by atoms with E-state index >= 15 is 0 Å². The van der Waals surface area contributed by atoms with Gasteiger partial charge in [-0.2, -0.15) is 0 Å². The van der Waals surface area contributed by atoms with Gasteiger partial charge in [-0.3, -0.25) is 4.79 Å². The van der Waals surface area contributed by atoms with Crippen molar-refractivity contribution in [1.82, 2.24) is 5.32 Å². The molecule has 0 aromatic heterocycles. The first-order valence-corrected chi connectivity index (χ1v) is 13.5. The maximum absolute atomic E-state index is 12.4. The first-order chi connectivity index (χ1) is 20.5. The third kappa shape index (κ3) is 9.00. The molecule has 1 atom stereocenters. The average Bonchev–Trinajstić information content (AvgIpc) is 3.02. The fourth-order valence-corrected chi connectivity index (χ4v) is 4.13. The first kappa shape index (κ1) is 30.0. The Bertz CT molecular complexity index is 1420. The van der Waals surface area contributed by atoms with Gasteiger partial charge in [-0.1, -0.05) is 97.1 Å². The molecule has 0 bridgehead atoms. The molecule has 0 spiro atoms. The van der Waals surface area contributed by atoms with E-state index < -0.39 is 24.7 Å². The van der Waals surface area contributed by atoms with Crippen LogP contribution in [0.5, 0.6) is 17.2 Å². The van der Waals surface area contributed by atoms with E-state index in [0.717, 1.165) is 22.3 Å². The number of nitrogens with two attached hydrogens (primary N) is 1. The van der Waals surface area contributed by atoms with E-state index in [1.165, 1.54) is 0 Å². The fraction of sp³-hybridized carbons (Fsp3) is 0.212. The molecule has 218 valence electrons. The van der Waals surface area contributed by atoms with Crippen LogP contribution < -0.4 is 25.3 Å². The molecule has 42 heavy (non-hydrogen) atoms. The summed E-state index contributed by atoms with van der Waals surface area (Å²) < 4.78 is 23.6. The summed E-state index contributed by atoms with van der Waals surface area (Å²) in [7, 11) is 0. The molecule has 1 unspecified atom stereocenters. The SMILES string of the molecule is NC(=O)OC(CO)C(=O)NCCc1ccc(OCc2ccccc2)c(OCc2ccccc2)c1OCc1ccccc1. The van der Waals surface area contributed by atoms with Gasteiger partial charge in [-0.25, -0.2) is 4.79 Å². The van der Waals surface area contributed by atoms with Gasteiger partial charge < -0.3 is 35.1 Å². The fourth-order valence-electron chi connectivity index (χ4n) is 4.13. The van der Waals surface area contributed by atoms with Crippen molar-refractivity contribution in [3.63, 3.8) is 0 Å². The highest BCUT2D eigenvalue weighted by Gasteiger charge is 2.22. The van der Waals surface area contributed by atoms with Crippen molar-refractivity contribution in [2.45, 2.75) is 32.3 Å². The van der Waals surface area contributed by atoms with Crippen molar-refractivity contribution in [3.05, 3.63) is 125 Å². The molecule has 0 heterocycles. The summed E-state index contributed by atoms with van der Waals surface area (Å²) in [5.41, 5.74) is 8.70. The number of amides is 2. The number of aliphatic hydroxyl groups is 1. The predicted octanol–water partition coefficient (Wildman–Crippen LogP) is 4.54. The second kappa shape index (κ2) is 15.7. The summed E-state index contributed by atoms with van der Waals surface area (Å²) in [4.78, 5) is 23.5. The molecule has 0 saturated heterocycles. The Morgan fingerprint density at radius 1 is 0.690 bits per heavy atom. The van der Waals surface area contributed by atoms with E-state index in [0.29, 0.717) is 30.3 Å². The number of rotatable bonds is 15.